The Kier molecular flexibility index (Phi) is 9.65. The second kappa shape index (κ2) is 13.7. The number of carbonyl (C=O) groups excluding carboxylic acids is 2. The van der Waals surface area contributed by atoms with Crippen molar-refractivity contribution in [3.05, 3.63) is 59.2 Å². The van der Waals surface area contributed by atoms with Crippen molar-refractivity contribution in [1.29, 1.82) is 0 Å². The summed E-state index contributed by atoms with van der Waals surface area (Å²) in [5.41, 5.74) is 5.17. The predicted molar refractivity (Wildman–Crippen MR) is 207 cm³/mol. The van der Waals surface area contributed by atoms with Gasteiger partial charge in [0.25, 0.3) is 0 Å². The van der Waals surface area contributed by atoms with Gasteiger partial charge in [0, 0.05) is 25.2 Å². The minimum Gasteiger partial charge on any atom is -0.461 e. The molecule has 284 valence electrons. The van der Waals surface area contributed by atoms with Gasteiger partial charge in [-0.15, -0.1) is 0 Å². The van der Waals surface area contributed by atoms with Crippen LogP contribution in [-0.2, 0) is 25.7 Å². The number of rotatable bonds is 7. The molecule has 1 aromatic rings. The molecule has 1 heterocycles. The van der Waals surface area contributed by atoms with Gasteiger partial charge in [-0.25, -0.2) is 0 Å². The molecular formula is C47H67NO4. The van der Waals surface area contributed by atoms with Gasteiger partial charge in [0.15, 0.2) is 0 Å². The lowest BCUT2D eigenvalue weighted by molar-refractivity contribution is -0.218. The summed E-state index contributed by atoms with van der Waals surface area (Å²) in [7, 11) is 0. The molecule has 5 fully saturated rings. The first-order valence-electron chi connectivity index (χ1n) is 21.4. The normalized spacial score (nSPS) is 41.3. The fourth-order valence-electron chi connectivity index (χ4n) is 14.6. The van der Waals surface area contributed by atoms with Crippen LogP contribution in [0.3, 0.4) is 0 Å². The summed E-state index contributed by atoms with van der Waals surface area (Å²) in [5, 5.41) is 3.78. The van der Waals surface area contributed by atoms with E-state index in [1.807, 2.05) is 30.3 Å². The zero-order chi connectivity index (χ0) is 36.4. The van der Waals surface area contributed by atoms with E-state index in [4.69, 9.17) is 9.47 Å². The highest BCUT2D eigenvalue weighted by Crippen LogP contribution is 2.76. The van der Waals surface area contributed by atoms with Gasteiger partial charge in [0.2, 0.25) is 5.91 Å². The van der Waals surface area contributed by atoms with Gasteiger partial charge in [0.05, 0.1) is 5.92 Å². The molecule has 6 aliphatic carbocycles. The zero-order valence-electron chi connectivity index (χ0n) is 33.1. The Hall–Kier alpha value is -2.40. The number of benzene rings is 1. The molecule has 0 spiro atoms. The van der Waals surface area contributed by atoms with Crippen LogP contribution in [0.2, 0.25) is 0 Å². The van der Waals surface area contributed by atoms with E-state index in [9.17, 15) is 9.59 Å². The van der Waals surface area contributed by atoms with Gasteiger partial charge in [-0.3, -0.25) is 9.59 Å². The van der Waals surface area contributed by atoms with Crippen molar-refractivity contribution in [2.45, 2.75) is 149 Å². The molecule has 7 aliphatic rings. The lowest BCUT2D eigenvalue weighted by Crippen LogP contribution is -2.67. The molecule has 0 bridgehead atoms. The number of esters is 1. The molecule has 0 aromatic heterocycles. The van der Waals surface area contributed by atoms with Crippen LogP contribution in [0.15, 0.2) is 53.6 Å². The van der Waals surface area contributed by atoms with Crippen molar-refractivity contribution in [1.82, 2.24) is 5.32 Å². The van der Waals surface area contributed by atoms with Crippen molar-refractivity contribution >= 4 is 11.9 Å². The standard InChI is InChI=1S/C47H67NO4/c1-43(2)36(34-13-15-35(16-14-34)42(50)52-31-33-10-7-6-8-11-33)19-24-44(3)39(43)20-25-46(5)40(44)18-17-37-38-12-9-23-47(38,27-26-45(37,46)4)48-41(49)30-32-21-28-51-29-22-32/h6-8,10-11,13,19,32,35,37-40H,9,12,14-18,20-31H2,1-5H3,(H,48,49). The summed E-state index contributed by atoms with van der Waals surface area (Å²) in [6.45, 7) is 15.2. The highest BCUT2D eigenvalue weighted by Gasteiger charge is 2.69. The lowest BCUT2D eigenvalue weighted by Gasteiger charge is -2.72. The Balaban J connectivity index is 0.966. The Morgan fingerprint density at radius 1 is 0.808 bits per heavy atom. The quantitative estimate of drug-likeness (QED) is 0.286. The van der Waals surface area contributed by atoms with E-state index < -0.39 is 0 Å². The highest BCUT2D eigenvalue weighted by atomic mass is 16.5. The van der Waals surface area contributed by atoms with E-state index in [2.05, 4.69) is 52.1 Å². The molecular weight excluding hydrogens is 643 g/mol. The molecule has 1 aliphatic heterocycles. The van der Waals surface area contributed by atoms with Crippen molar-refractivity contribution in [3.63, 3.8) is 0 Å². The summed E-state index contributed by atoms with van der Waals surface area (Å²) < 4.78 is 11.3. The molecule has 1 saturated heterocycles. The maximum Gasteiger partial charge on any atom is 0.309 e. The fourth-order valence-corrected chi connectivity index (χ4v) is 14.6. The van der Waals surface area contributed by atoms with E-state index in [1.165, 1.54) is 63.4 Å². The number of hydrogen-bond acceptors (Lipinski definition) is 4. The Bertz CT molecular complexity index is 1570. The summed E-state index contributed by atoms with van der Waals surface area (Å²) in [6.07, 6.45) is 23.1. The van der Waals surface area contributed by atoms with Crippen LogP contribution in [0.1, 0.15) is 143 Å². The second-order valence-corrected chi connectivity index (χ2v) is 20.0. The van der Waals surface area contributed by atoms with Crippen LogP contribution in [0.25, 0.3) is 0 Å². The summed E-state index contributed by atoms with van der Waals surface area (Å²) in [6, 6.07) is 10.0. The first kappa shape index (κ1) is 36.6. The van der Waals surface area contributed by atoms with Crippen LogP contribution >= 0.6 is 0 Å². The third kappa shape index (κ3) is 5.97. The number of fused-ring (bicyclic) bond motifs is 7. The minimum atomic E-state index is -0.0470. The van der Waals surface area contributed by atoms with Crippen LogP contribution in [0.4, 0.5) is 0 Å². The Morgan fingerprint density at radius 2 is 1.60 bits per heavy atom. The van der Waals surface area contributed by atoms with E-state index in [0.29, 0.717) is 53.4 Å². The van der Waals surface area contributed by atoms with Crippen molar-refractivity contribution in [3.8, 4) is 0 Å². The lowest BCUT2D eigenvalue weighted by atomic mass is 9.33. The molecule has 1 aromatic carbocycles. The molecule has 0 radical (unpaired) electrons. The summed E-state index contributed by atoms with van der Waals surface area (Å²) >= 11 is 0. The third-order valence-corrected chi connectivity index (χ3v) is 17.5. The molecule has 1 N–H and O–H groups in total. The van der Waals surface area contributed by atoms with E-state index in [1.54, 1.807) is 5.57 Å². The predicted octanol–water partition coefficient (Wildman–Crippen LogP) is 10.5. The molecule has 8 rings (SSSR count). The molecule has 1 amide bonds. The maximum atomic E-state index is 13.6. The van der Waals surface area contributed by atoms with Gasteiger partial charge in [-0.1, -0.05) is 83.5 Å². The van der Waals surface area contributed by atoms with Gasteiger partial charge >= 0.3 is 5.97 Å². The smallest absolute Gasteiger partial charge is 0.309 e. The maximum absolute atomic E-state index is 13.6. The first-order chi connectivity index (χ1) is 24.9. The number of hydrogen-bond donors (Lipinski definition) is 1. The molecule has 52 heavy (non-hydrogen) atoms. The first-order valence-corrected chi connectivity index (χ1v) is 21.4. The summed E-state index contributed by atoms with van der Waals surface area (Å²) in [4.78, 5) is 26.6. The van der Waals surface area contributed by atoms with Gasteiger partial charge < -0.3 is 14.8 Å². The van der Waals surface area contributed by atoms with E-state index in [0.717, 1.165) is 63.2 Å². The molecule has 5 nitrogen and oxygen atoms in total. The molecule has 4 saturated carbocycles. The van der Waals surface area contributed by atoms with Gasteiger partial charge in [-0.05, 0) is 158 Å². The zero-order valence-corrected chi connectivity index (χ0v) is 33.1. The SMILES string of the molecule is CC1(C)C(C2=CCC(C(=O)OCc3ccccc3)CC2)=CCC2(C)C1CCC1(C)C2CCC2C3CCCC3(NC(=O)CC3CCOCC3)CCC21C. The number of carbonyl (C=O) groups is 2. The number of ether oxygens (including phenoxy) is 2. The largest absolute Gasteiger partial charge is 0.461 e. The van der Waals surface area contributed by atoms with Gasteiger partial charge in [-0.2, -0.15) is 0 Å². The third-order valence-electron chi connectivity index (χ3n) is 17.5. The number of nitrogens with one attached hydrogen (secondary N) is 1. The molecule has 9 atom stereocenters. The molecule has 9 unspecified atom stereocenters. The molecule has 5 heteroatoms. The van der Waals surface area contributed by atoms with Crippen LogP contribution in [0, 0.1) is 57.2 Å². The van der Waals surface area contributed by atoms with E-state index in [-0.39, 0.29) is 28.3 Å². The van der Waals surface area contributed by atoms with Crippen molar-refractivity contribution < 1.29 is 19.1 Å². The number of amides is 1. The van der Waals surface area contributed by atoms with Crippen molar-refractivity contribution in [2.75, 3.05) is 13.2 Å². The van der Waals surface area contributed by atoms with Crippen molar-refractivity contribution in [2.24, 2.45) is 57.2 Å². The van der Waals surface area contributed by atoms with Crippen LogP contribution < -0.4 is 5.32 Å². The Labute approximate surface area is 314 Å². The van der Waals surface area contributed by atoms with E-state index >= 15 is 0 Å². The minimum absolute atomic E-state index is 0.0204. The van der Waals surface area contributed by atoms with Crippen LogP contribution in [0.5, 0.6) is 0 Å². The monoisotopic (exact) mass is 710 g/mol. The second-order valence-electron chi connectivity index (χ2n) is 20.0. The van der Waals surface area contributed by atoms with Crippen LogP contribution in [-0.4, -0.2) is 30.6 Å². The Morgan fingerprint density at radius 3 is 2.35 bits per heavy atom. The highest BCUT2D eigenvalue weighted by molar-refractivity contribution is 5.77. The topological polar surface area (TPSA) is 64.6 Å². The number of allylic oxidation sites excluding steroid dienone is 4. The summed E-state index contributed by atoms with van der Waals surface area (Å²) in [5.74, 6) is 3.42. The fraction of sp³-hybridized carbons (Fsp3) is 0.745. The van der Waals surface area contributed by atoms with Gasteiger partial charge in [0.1, 0.15) is 6.61 Å². The average molecular weight is 710 g/mol. The average Bonchev–Trinajstić information content (AvgIpc) is 3.55.